The second-order valence-electron chi connectivity index (χ2n) is 5.66. The zero-order chi connectivity index (χ0) is 14.9. The van der Waals surface area contributed by atoms with Gasteiger partial charge in [0.05, 0.1) is 10.4 Å². The molecule has 9 heteroatoms. The molecule has 0 saturated carbocycles. The Morgan fingerprint density at radius 2 is 2.10 bits per heavy atom. The number of rotatable bonds is 5. The standard InChI is InChI=1S/C11H19N3O6/c1-11(2,3)10(17)18-7-19-14-13(20-14)12-6-4-5-8(12)9(15)16/h8H,4-7H2,1-3H3,(H,15,16). The van der Waals surface area contributed by atoms with Crippen molar-refractivity contribution in [2.45, 2.75) is 39.7 Å². The van der Waals surface area contributed by atoms with Gasteiger partial charge in [0.2, 0.25) is 0 Å². The first-order valence-electron chi connectivity index (χ1n) is 6.38. The largest absolute Gasteiger partial charge is 0.480 e. The summed E-state index contributed by atoms with van der Waals surface area (Å²) in [5.74, 6) is -1.30. The molecular formula is C11H19N3O6. The topological polar surface area (TPSA) is 99.1 Å². The third kappa shape index (κ3) is 3.09. The fraction of sp³-hybridized carbons (Fsp3) is 0.818. The highest BCUT2D eigenvalue weighted by molar-refractivity contribution is 5.76. The van der Waals surface area contributed by atoms with E-state index in [-0.39, 0.29) is 6.79 Å². The number of hydrogen-bond donors (Lipinski definition) is 1. The van der Waals surface area contributed by atoms with Crippen LogP contribution < -0.4 is 9.85 Å². The van der Waals surface area contributed by atoms with E-state index in [1.165, 1.54) is 9.97 Å². The van der Waals surface area contributed by atoms with Crippen molar-refractivity contribution < 1.29 is 28.9 Å². The van der Waals surface area contributed by atoms with Crippen LogP contribution in [0.3, 0.4) is 0 Å². The van der Waals surface area contributed by atoms with Gasteiger partial charge in [0.1, 0.15) is 11.1 Å². The van der Waals surface area contributed by atoms with E-state index in [1.54, 1.807) is 20.8 Å². The fourth-order valence-corrected chi connectivity index (χ4v) is 1.81. The van der Waals surface area contributed by atoms with Gasteiger partial charge in [-0.15, -0.1) is 0 Å². The molecule has 0 aliphatic carbocycles. The van der Waals surface area contributed by atoms with Gasteiger partial charge in [-0.3, -0.25) is 4.79 Å². The number of esters is 1. The molecule has 1 aliphatic rings. The number of hydrogen-bond acceptors (Lipinski definition) is 6. The van der Waals surface area contributed by atoms with Crippen molar-refractivity contribution in [3.05, 3.63) is 0 Å². The summed E-state index contributed by atoms with van der Waals surface area (Å²) in [6, 6.07) is -0.624. The number of carboxylic acids is 1. The minimum atomic E-state index is -0.905. The minimum absolute atomic E-state index is 0.293. The molecular weight excluding hydrogens is 270 g/mol. The second-order valence-corrected chi connectivity index (χ2v) is 5.66. The van der Waals surface area contributed by atoms with Gasteiger partial charge in [-0.25, -0.2) is 9.80 Å². The number of ether oxygens (including phenoxy) is 1. The van der Waals surface area contributed by atoms with Gasteiger partial charge in [-0.05, 0) is 33.6 Å². The van der Waals surface area contributed by atoms with Crippen LogP contribution in [0.25, 0.3) is 0 Å². The zero-order valence-corrected chi connectivity index (χ0v) is 11.7. The first-order chi connectivity index (χ1) is 9.30. The molecule has 0 amide bonds. The predicted molar refractivity (Wildman–Crippen MR) is 65.4 cm³/mol. The molecule has 1 atom stereocenters. The van der Waals surface area contributed by atoms with Crippen molar-refractivity contribution in [2.75, 3.05) is 18.3 Å². The quantitative estimate of drug-likeness (QED) is 0.603. The van der Waals surface area contributed by atoms with Crippen molar-refractivity contribution in [2.24, 2.45) is 5.41 Å². The minimum Gasteiger partial charge on any atom is -0.480 e. The Labute approximate surface area is 115 Å². The summed E-state index contributed by atoms with van der Waals surface area (Å²) in [6.07, 6.45) is 1.33. The molecule has 0 aromatic carbocycles. The van der Waals surface area contributed by atoms with Crippen LogP contribution in [0.1, 0.15) is 33.6 Å². The molecule has 1 fully saturated rings. The lowest BCUT2D eigenvalue weighted by atomic mass is 9.98. The van der Waals surface area contributed by atoms with Crippen molar-refractivity contribution >= 4 is 11.9 Å². The van der Waals surface area contributed by atoms with Crippen LogP contribution in [0.4, 0.5) is 0 Å². The first kappa shape index (κ1) is 14.4. The Morgan fingerprint density at radius 3 is 2.70 bits per heavy atom. The number of carbonyl (C=O) groups excluding carboxylic acids is 1. The average Bonchev–Trinajstić information content (AvgIpc) is 2.93. The van der Waals surface area contributed by atoms with Crippen LogP contribution in [0.2, 0.25) is 0 Å². The summed E-state index contributed by atoms with van der Waals surface area (Å²) in [6.45, 7) is 5.47. The van der Waals surface area contributed by atoms with Gasteiger partial charge in [-0.1, -0.05) is 0 Å². The van der Waals surface area contributed by atoms with Gasteiger partial charge in [0.25, 0.3) is 6.79 Å². The van der Waals surface area contributed by atoms with Crippen molar-refractivity contribution in [1.29, 1.82) is 0 Å². The SMILES string of the molecule is CC(C)(C)C(=O)OCOn1on1N1CCCC1C(=O)O. The molecule has 1 aromatic rings. The Morgan fingerprint density at radius 1 is 1.40 bits per heavy atom. The van der Waals surface area contributed by atoms with Gasteiger partial charge in [0, 0.05) is 6.54 Å². The van der Waals surface area contributed by atoms with E-state index >= 15 is 0 Å². The van der Waals surface area contributed by atoms with E-state index in [2.05, 4.69) is 0 Å². The monoisotopic (exact) mass is 289 g/mol. The Balaban J connectivity index is 1.79. The van der Waals surface area contributed by atoms with Crippen LogP contribution in [-0.2, 0) is 14.3 Å². The second kappa shape index (κ2) is 5.14. The Kier molecular flexibility index (Phi) is 3.69. The molecule has 0 spiro atoms. The highest BCUT2D eigenvalue weighted by atomic mass is 17.0. The normalized spacial score (nSPS) is 19.4. The van der Waals surface area contributed by atoms with Crippen LogP contribution in [-0.4, -0.2) is 46.4 Å². The maximum absolute atomic E-state index is 11.5. The van der Waals surface area contributed by atoms with Crippen LogP contribution >= 0.6 is 0 Å². The van der Waals surface area contributed by atoms with E-state index in [0.717, 1.165) is 11.4 Å². The summed E-state index contributed by atoms with van der Waals surface area (Å²) in [7, 11) is 0. The smallest absolute Gasteiger partial charge is 0.328 e. The maximum Gasteiger partial charge on any atom is 0.328 e. The van der Waals surface area contributed by atoms with Crippen molar-refractivity contribution in [3.63, 3.8) is 0 Å². The van der Waals surface area contributed by atoms with E-state index in [1.807, 2.05) is 0 Å². The third-order valence-corrected chi connectivity index (χ3v) is 2.95. The predicted octanol–water partition coefficient (Wildman–Crippen LogP) is 0.0430. The molecule has 1 aliphatic heterocycles. The summed E-state index contributed by atoms with van der Waals surface area (Å²) >= 11 is 0. The average molecular weight is 289 g/mol. The zero-order valence-electron chi connectivity index (χ0n) is 11.7. The number of aromatic nitrogens is 2. The molecule has 0 bridgehead atoms. The summed E-state index contributed by atoms with van der Waals surface area (Å²) in [4.78, 5) is 28.7. The molecule has 2 rings (SSSR count). The highest BCUT2D eigenvalue weighted by Gasteiger charge is 2.37. The number of nitrogens with zero attached hydrogens (tertiary/aromatic N) is 3. The van der Waals surface area contributed by atoms with Gasteiger partial charge in [0.15, 0.2) is 0 Å². The van der Waals surface area contributed by atoms with Crippen LogP contribution in [0.5, 0.6) is 0 Å². The highest BCUT2D eigenvalue weighted by Crippen LogP contribution is 2.18. The van der Waals surface area contributed by atoms with Gasteiger partial charge < -0.3 is 14.7 Å². The lowest BCUT2D eigenvalue weighted by Crippen LogP contribution is -2.42. The van der Waals surface area contributed by atoms with E-state index in [9.17, 15) is 9.59 Å². The molecule has 9 nitrogen and oxygen atoms in total. The van der Waals surface area contributed by atoms with Crippen LogP contribution in [0, 0.1) is 5.41 Å². The number of aliphatic carboxylic acids is 1. The fourth-order valence-electron chi connectivity index (χ4n) is 1.81. The molecule has 20 heavy (non-hydrogen) atoms. The van der Waals surface area contributed by atoms with E-state index in [0.29, 0.717) is 13.0 Å². The van der Waals surface area contributed by atoms with E-state index in [4.69, 9.17) is 19.3 Å². The molecule has 1 saturated heterocycles. The third-order valence-electron chi connectivity index (χ3n) is 2.95. The number of carboxylic acid groups (broad SMARTS) is 1. The van der Waals surface area contributed by atoms with Crippen LogP contribution in [0.15, 0.2) is 4.63 Å². The maximum atomic E-state index is 11.5. The molecule has 2 heterocycles. The van der Waals surface area contributed by atoms with E-state index < -0.39 is 23.4 Å². The summed E-state index contributed by atoms with van der Waals surface area (Å²) < 4.78 is 9.86. The van der Waals surface area contributed by atoms with Crippen molar-refractivity contribution in [3.8, 4) is 0 Å². The lowest BCUT2D eigenvalue weighted by Gasteiger charge is -2.16. The van der Waals surface area contributed by atoms with Crippen molar-refractivity contribution in [1.82, 2.24) is 9.98 Å². The molecule has 1 unspecified atom stereocenters. The summed E-state index contributed by atoms with van der Waals surface area (Å²) in [5, 5.41) is 11.6. The van der Waals surface area contributed by atoms with Gasteiger partial charge in [-0.2, -0.15) is 4.63 Å². The first-order valence-corrected chi connectivity index (χ1v) is 6.38. The molecule has 1 N–H and O–H groups in total. The summed E-state index contributed by atoms with van der Waals surface area (Å²) in [5.41, 5.74) is -0.605. The molecule has 114 valence electrons. The molecule has 1 aromatic heterocycles. The molecule has 0 radical (unpaired) electrons. The Bertz CT molecular complexity index is 480. The Hall–Kier alpha value is -2.06. The van der Waals surface area contributed by atoms with Gasteiger partial charge >= 0.3 is 11.9 Å². The lowest BCUT2D eigenvalue weighted by molar-refractivity contribution is -0.168. The number of carbonyl (C=O) groups is 2.